The van der Waals surface area contributed by atoms with Crippen molar-refractivity contribution in [1.82, 2.24) is 25.1 Å². The molecule has 0 aliphatic heterocycles. The first-order chi connectivity index (χ1) is 12.9. The van der Waals surface area contributed by atoms with E-state index in [4.69, 9.17) is 4.74 Å². The summed E-state index contributed by atoms with van der Waals surface area (Å²) in [5, 5.41) is 7.22. The minimum absolute atomic E-state index is 0.112. The minimum atomic E-state index is -0.209. The summed E-state index contributed by atoms with van der Waals surface area (Å²) in [7, 11) is 0. The molecule has 2 aromatic heterocycles. The molecule has 3 rings (SSSR count). The second-order valence-electron chi connectivity index (χ2n) is 6.54. The summed E-state index contributed by atoms with van der Waals surface area (Å²) in [5.41, 5.74) is 4.78. The van der Waals surface area contributed by atoms with Gasteiger partial charge in [-0.05, 0) is 39.3 Å². The van der Waals surface area contributed by atoms with E-state index in [2.05, 4.69) is 20.4 Å². The van der Waals surface area contributed by atoms with E-state index >= 15 is 0 Å². The lowest BCUT2D eigenvalue weighted by atomic mass is 10.1. The molecule has 27 heavy (non-hydrogen) atoms. The van der Waals surface area contributed by atoms with Crippen molar-refractivity contribution in [1.29, 1.82) is 0 Å². The van der Waals surface area contributed by atoms with E-state index in [1.165, 1.54) is 5.56 Å². The Kier molecular flexibility index (Phi) is 5.49. The molecule has 0 fully saturated rings. The summed E-state index contributed by atoms with van der Waals surface area (Å²) >= 11 is 0. The van der Waals surface area contributed by atoms with Gasteiger partial charge in [0.15, 0.2) is 6.61 Å². The van der Waals surface area contributed by atoms with Crippen molar-refractivity contribution in [3.05, 3.63) is 64.6 Å². The van der Waals surface area contributed by atoms with E-state index in [-0.39, 0.29) is 12.5 Å². The first kappa shape index (κ1) is 18.6. The first-order valence-corrected chi connectivity index (χ1v) is 8.75. The molecular weight excluding hydrogens is 342 g/mol. The molecule has 0 radical (unpaired) electrons. The molecule has 1 aromatic carbocycles. The molecule has 2 heterocycles. The number of aryl methyl sites for hydroxylation is 4. The van der Waals surface area contributed by atoms with Gasteiger partial charge in [0.05, 0.1) is 5.69 Å². The van der Waals surface area contributed by atoms with Crippen molar-refractivity contribution >= 4 is 5.91 Å². The molecule has 7 heteroatoms. The highest BCUT2D eigenvalue weighted by molar-refractivity contribution is 5.77. The Bertz CT molecular complexity index is 948. The Labute approximate surface area is 158 Å². The highest BCUT2D eigenvalue weighted by Gasteiger charge is 2.11. The summed E-state index contributed by atoms with van der Waals surface area (Å²) in [5.74, 6) is 0.561. The number of hydrogen-bond acceptors (Lipinski definition) is 5. The molecule has 0 unspecified atom stereocenters. The summed E-state index contributed by atoms with van der Waals surface area (Å²) in [4.78, 5) is 20.8. The van der Waals surface area contributed by atoms with E-state index in [1.54, 1.807) is 10.7 Å². The number of benzene rings is 1. The number of carbonyl (C=O) groups excluding carboxylic acids is 1. The third-order valence-electron chi connectivity index (χ3n) is 3.98. The Morgan fingerprint density at radius 2 is 1.78 bits per heavy atom. The van der Waals surface area contributed by atoms with Gasteiger partial charge < -0.3 is 10.1 Å². The van der Waals surface area contributed by atoms with E-state index < -0.39 is 0 Å². The quantitative estimate of drug-likeness (QED) is 0.726. The van der Waals surface area contributed by atoms with Crippen LogP contribution in [0.2, 0.25) is 0 Å². The van der Waals surface area contributed by atoms with Gasteiger partial charge in [-0.1, -0.05) is 29.8 Å². The Balaban J connectivity index is 1.61. The van der Waals surface area contributed by atoms with Gasteiger partial charge in [-0.3, -0.25) is 4.79 Å². The van der Waals surface area contributed by atoms with Crippen LogP contribution in [0.3, 0.4) is 0 Å². The summed E-state index contributed by atoms with van der Waals surface area (Å²) < 4.78 is 7.22. The average Bonchev–Trinajstić information content (AvgIpc) is 2.97. The molecular formula is C20H23N5O2. The SMILES string of the molecule is Cc1ccc(CNC(=O)COc2cc(C)nc(-n3nc(C)cc3C)n2)cc1. The number of amides is 1. The normalized spacial score (nSPS) is 10.7. The van der Waals surface area contributed by atoms with Gasteiger partial charge in [-0.15, -0.1) is 0 Å². The highest BCUT2D eigenvalue weighted by atomic mass is 16.5. The summed E-state index contributed by atoms with van der Waals surface area (Å²) in [6, 6.07) is 11.7. The maximum absolute atomic E-state index is 12.1. The standard InChI is InChI=1S/C20H23N5O2/c1-13-5-7-17(8-6-13)11-21-18(26)12-27-19-10-14(2)22-20(23-19)25-16(4)9-15(3)24-25/h5-10H,11-12H2,1-4H3,(H,21,26). The van der Waals surface area contributed by atoms with E-state index in [9.17, 15) is 4.79 Å². The molecule has 7 nitrogen and oxygen atoms in total. The molecule has 140 valence electrons. The summed E-state index contributed by atoms with van der Waals surface area (Å²) in [6.45, 7) is 8.07. The molecule has 0 bridgehead atoms. The van der Waals surface area contributed by atoms with Crippen molar-refractivity contribution in [2.75, 3.05) is 6.61 Å². The van der Waals surface area contributed by atoms with Crippen molar-refractivity contribution in [3.63, 3.8) is 0 Å². The van der Waals surface area contributed by atoms with Crippen LogP contribution in [0, 0.1) is 27.7 Å². The third-order valence-corrected chi connectivity index (χ3v) is 3.98. The second-order valence-corrected chi connectivity index (χ2v) is 6.54. The van der Waals surface area contributed by atoms with Gasteiger partial charge in [-0.2, -0.15) is 10.1 Å². The number of rotatable bonds is 6. The number of hydrogen-bond donors (Lipinski definition) is 1. The monoisotopic (exact) mass is 365 g/mol. The fraction of sp³-hybridized carbons (Fsp3) is 0.300. The molecule has 0 spiro atoms. The fourth-order valence-electron chi connectivity index (χ4n) is 2.62. The van der Waals surface area contributed by atoms with Crippen LogP contribution < -0.4 is 10.1 Å². The molecule has 0 aliphatic rings. The molecule has 0 saturated carbocycles. The second kappa shape index (κ2) is 7.99. The van der Waals surface area contributed by atoms with Gasteiger partial charge in [0, 0.05) is 24.0 Å². The molecule has 0 saturated heterocycles. The van der Waals surface area contributed by atoms with Crippen molar-refractivity contribution in [2.24, 2.45) is 0 Å². The van der Waals surface area contributed by atoms with Crippen LogP contribution in [0.25, 0.3) is 5.95 Å². The van der Waals surface area contributed by atoms with Crippen LogP contribution in [-0.2, 0) is 11.3 Å². The lowest BCUT2D eigenvalue weighted by Crippen LogP contribution is -2.28. The average molecular weight is 365 g/mol. The molecule has 3 aromatic rings. The van der Waals surface area contributed by atoms with Gasteiger partial charge in [-0.25, -0.2) is 9.67 Å². The third kappa shape index (κ3) is 4.91. The van der Waals surface area contributed by atoms with Crippen LogP contribution in [0.1, 0.15) is 28.2 Å². The zero-order chi connectivity index (χ0) is 19.4. The van der Waals surface area contributed by atoms with Gasteiger partial charge >= 0.3 is 0 Å². The van der Waals surface area contributed by atoms with Crippen molar-refractivity contribution in [2.45, 2.75) is 34.2 Å². The van der Waals surface area contributed by atoms with E-state index in [0.717, 1.165) is 22.6 Å². The predicted molar refractivity (Wildman–Crippen MR) is 102 cm³/mol. The first-order valence-electron chi connectivity index (χ1n) is 8.75. The van der Waals surface area contributed by atoms with Gasteiger partial charge in [0.25, 0.3) is 11.9 Å². The van der Waals surface area contributed by atoms with Crippen LogP contribution in [0.4, 0.5) is 0 Å². The van der Waals surface area contributed by atoms with Crippen molar-refractivity contribution in [3.8, 4) is 11.8 Å². The number of nitrogens with zero attached hydrogens (tertiary/aromatic N) is 4. The number of ether oxygens (including phenoxy) is 1. The van der Waals surface area contributed by atoms with Gasteiger partial charge in [0.2, 0.25) is 5.88 Å². The van der Waals surface area contributed by atoms with E-state index in [1.807, 2.05) is 58.0 Å². The van der Waals surface area contributed by atoms with Crippen LogP contribution in [0.15, 0.2) is 36.4 Å². The molecule has 0 aliphatic carbocycles. The molecule has 1 amide bonds. The molecule has 1 N–H and O–H groups in total. The number of carbonyl (C=O) groups is 1. The largest absolute Gasteiger partial charge is 0.467 e. The predicted octanol–water partition coefficient (Wildman–Crippen LogP) is 2.59. The van der Waals surface area contributed by atoms with Crippen LogP contribution in [-0.4, -0.2) is 32.3 Å². The van der Waals surface area contributed by atoms with E-state index in [0.29, 0.717) is 18.4 Å². The zero-order valence-corrected chi connectivity index (χ0v) is 16.0. The lowest BCUT2D eigenvalue weighted by molar-refractivity contribution is -0.123. The summed E-state index contributed by atoms with van der Waals surface area (Å²) in [6.07, 6.45) is 0. The Morgan fingerprint density at radius 3 is 2.44 bits per heavy atom. The minimum Gasteiger partial charge on any atom is -0.467 e. The van der Waals surface area contributed by atoms with Crippen LogP contribution >= 0.6 is 0 Å². The maximum atomic E-state index is 12.1. The smallest absolute Gasteiger partial charge is 0.258 e. The fourth-order valence-corrected chi connectivity index (χ4v) is 2.62. The highest BCUT2D eigenvalue weighted by Crippen LogP contribution is 2.14. The Morgan fingerprint density at radius 1 is 1.04 bits per heavy atom. The lowest BCUT2D eigenvalue weighted by Gasteiger charge is -2.09. The Hall–Kier alpha value is -3.22. The number of nitrogens with one attached hydrogen (secondary N) is 1. The topological polar surface area (TPSA) is 81.9 Å². The van der Waals surface area contributed by atoms with Crippen molar-refractivity contribution < 1.29 is 9.53 Å². The number of aromatic nitrogens is 4. The zero-order valence-electron chi connectivity index (χ0n) is 16.0. The van der Waals surface area contributed by atoms with Crippen LogP contribution in [0.5, 0.6) is 5.88 Å². The van der Waals surface area contributed by atoms with Gasteiger partial charge in [0.1, 0.15) is 0 Å². The molecule has 0 atom stereocenters. The maximum Gasteiger partial charge on any atom is 0.258 e.